The van der Waals surface area contributed by atoms with Gasteiger partial charge in [-0.2, -0.15) is 0 Å². The van der Waals surface area contributed by atoms with Crippen LogP contribution in [-0.2, 0) is 6.54 Å². The van der Waals surface area contributed by atoms with Gasteiger partial charge >= 0.3 is 0 Å². The van der Waals surface area contributed by atoms with Gasteiger partial charge in [0.2, 0.25) is 0 Å². The van der Waals surface area contributed by atoms with Gasteiger partial charge in [-0.1, -0.05) is 31.9 Å². The van der Waals surface area contributed by atoms with E-state index in [1.165, 1.54) is 25.7 Å². The van der Waals surface area contributed by atoms with E-state index in [0.717, 1.165) is 35.1 Å². The number of hydrogen-bond acceptors (Lipinski definition) is 4. The molecule has 112 valence electrons. The molecule has 0 saturated heterocycles. The highest BCUT2D eigenvalue weighted by atomic mass is 15.5. The van der Waals surface area contributed by atoms with Crippen molar-refractivity contribution in [2.45, 2.75) is 46.1 Å². The standard InChI is InChI=1S/C16H23N5/c1-11-6-8-13(9-7-11)10-21-16(18-19-20-21)15-12(2)4-3-5-14(15)17/h3-5,11,13H,6-10,17H2,1-2H3. The van der Waals surface area contributed by atoms with E-state index in [1.807, 2.05) is 29.8 Å². The maximum absolute atomic E-state index is 6.12. The number of tetrazole rings is 1. The molecule has 1 aliphatic rings. The summed E-state index contributed by atoms with van der Waals surface area (Å²) in [6.07, 6.45) is 5.16. The quantitative estimate of drug-likeness (QED) is 0.880. The molecule has 2 aromatic rings. The summed E-state index contributed by atoms with van der Waals surface area (Å²) in [5, 5.41) is 12.3. The van der Waals surface area contributed by atoms with E-state index >= 15 is 0 Å². The average molecular weight is 285 g/mol. The molecule has 0 unspecified atom stereocenters. The van der Waals surface area contributed by atoms with Crippen LogP contribution in [0.2, 0.25) is 0 Å². The lowest BCUT2D eigenvalue weighted by molar-refractivity contribution is 0.257. The molecule has 5 heteroatoms. The van der Waals surface area contributed by atoms with E-state index in [-0.39, 0.29) is 0 Å². The summed E-state index contributed by atoms with van der Waals surface area (Å²) < 4.78 is 1.93. The van der Waals surface area contributed by atoms with Gasteiger partial charge in [-0.25, -0.2) is 4.68 Å². The highest BCUT2D eigenvalue weighted by molar-refractivity contribution is 5.74. The first-order valence-electron chi connectivity index (χ1n) is 7.76. The third-order valence-corrected chi connectivity index (χ3v) is 4.63. The Kier molecular flexibility index (Phi) is 3.90. The second-order valence-electron chi connectivity index (χ2n) is 6.35. The minimum Gasteiger partial charge on any atom is -0.398 e. The van der Waals surface area contributed by atoms with Gasteiger partial charge in [0.25, 0.3) is 0 Å². The molecule has 0 spiro atoms. The van der Waals surface area contributed by atoms with Crippen molar-refractivity contribution in [2.75, 3.05) is 5.73 Å². The van der Waals surface area contributed by atoms with Crippen LogP contribution < -0.4 is 5.73 Å². The van der Waals surface area contributed by atoms with E-state index in [2.05, 4.69) is 22.4 Å². The van der Waals surface area contributed by atoms with Crippen molar-refractivity contribution >= 4 is 5.69 Å². The highest BCUT2D eigenvalue weighted by Crippen LogP contribution is 2.31. The van der Waals surface area contributed by atoms with Crippen molar-refractivity contribution in [3.63, 3.8) is 0 Å². The summed E-state index contributed by atoms with van der Waals surface area (Å²) in [6.45, 7) is 5.28. The maximum atomic E-state index is 6.12. The molecule has 0 amide bonds. The van der Waals surface area contributed by atoms with Gasteiger partial charge in [0.1, 0.15) is 0 Å². The van der Waals surface area contributed by atoms with Gasteiger partial charge in [0, 0.05) is 17.8 Å². The fourth-order valence-corrected chi connectivity index (χ4v) is 3.26. The van der Waals surface area contributed by atoms with E-state index in [9.17, 15) is 0 Å². The first kappa shape index (κ1) is 14.0. The Bertz CT molecular complexity index is 591. The molecule has 0 atom stereocenters. The molecule has 0 radical (unpaired) electrons. The third-order valence-electron chi connectivity index (χ3n) is 4.63. The predicted molar refractivity (Wildman–Crippen MR) is 83.5 cm³/mol. The average Bonchev–Trinajstić information content (AvgIpc) is 2.89. The predicted octanol–water partition coefficient (Wildman–Crippen LogP) is 3.06. The molecule has 1 aromatic heterocycles. The maximum Gasteiger partial charge on any atom is 0.184 e. The summed E-state index contributed by atoms with van der Waals surface area (Å²) in [6, 6.07) is 5.92. The lowest BCUT2D eigenvalue weighted by Gasteiger charge is -2.26. The topological polar surface area (TPSA) is 69.6 Å². The smallest absolute Gasteiger partial charge is 0.184 e. The zero-order chi connectivity index (χ0) is 14.8. The summed E-state index contributed by atoms with van der Waals surface area (Å²) in [5.41, 5.74) is 8.94. The number of rotatable bonds is 3. The summed E-state index contributed by atoms with van der Waals surface area (Å²) in [7, 11) is 0. The molecule has 2 N–H and O–H groups in total. The molecule has 1 saturated carbocycles. The number of aromatic nitrogens is 4. The number of nitrogen functional groups attached to an aromatic ring is 1. The molecular weight excluding hydrogens is 262 g/mol. The van der Waals surface area contributed by atoms with Gasteiger partial charge in [-0.15, -0.1) is 5.10 Å². The van der Waals surface area contributed by atoms with Gasteiger partial charge in [-0.05, 0) is 53.7 Å². The zero-order valence-corrected chi connectivity index (χ0v) is 12.8. The van der Waals surface area contributed by atoms with Crippen molar-refractivity contribution in [1.82, 2.24) is 20.2 Å². The van der Waals surface area contributed by atoms with E-state index in [1.54, 1.807) is 0 Å². The monoisotopic (exact) mass is 285 g/mol. The Balaban J connectivity index is 1.84. The largest absolute Gasteiger partial charge is 0.398 e. The molecule has 3 rings (SSSR count). The Labute approximate surface area is 125 Å². The van der Waals surface area contributed by atoms with Crippen LogP contribution in [-0.4, -0.2) is 20.2 Å². The van der Waals surface area contributed by atoms with Crippen LogP contribution in [0.5, 0.6) is 0 Å². The summed E-state index contributed by atoms with van der Waals surface area (Å²) in [4.78, 5) is 0. The van der Waals surface area contributed by atoms with Gasteiger partial charge in [-0.3, -0.25) is 0 Å². The van der Waals surface area contributed by atoms with Crippen molar-refractivity contribution in [3.05, 3.63) is 23.8 Å². The SMILES string of the molecule is Cc1cccc(N)c1-c1nnnn1CC1CCC(C)CC1. The molecule has 1 aliphatic carbocycles. The second-order valence-corrected chi connectivity index (χ2v) is 6.35. The highest BCUT2D eigenvalue weighted by Gasteiger charge is 2.21. The molecule has 1 aromatic carbocycles. The van der Waals surface area contributed by atoms with Crippen LogP contribution in [0.15, 0.2) is 18.2 Å². The summed E-state index contributed by atoms with van der Waals surface area (Å²) in [5.74, 6) is 2.33. The second kappa shape index (κ2) is 5.84. The molecule has 1 heterocycles. The van der Waals surface area contributed by atoms with Crippen LogP contribution in [0.25, 0.3) is 11.4 Å². The van der Waals surface area contributed by atoms with E-state index in [4.69, 9.17) is 5.73 Å². The number of hydrogen-bond donors (Lipinski definition) is 1. The molecular formula is C16H23N5. The molecule has 21 heavy (non-hydrogen) atoms. The normalized spacial score (nSPS) is 22.4. The Morgan fingerprint density at radius 3 is 2.71 bits per heavy atom. The van der Waals surface area contributed by atoms with Crippen LogP contribution in [0.3, 0.4) is 0 Å². The lowest BCUT2D eigenvalue weighted by atomic mass is 9.83. The van der Waals surface area contributed by atoms with Crippen molar-refractivity contribution in [2.24, 2.45) is 11.8 Å². The lowest BCUT2D eigenvalue weighted by Crippen LogP contribution is -2.19. The number of nitrogens with two attached hydrogens (primary N) is 1. The number of anilines is 1. The van der Waals surface area contributed by atoms with Gasteiger partial charge in [0.05, 0.1) is 0 Å². The first-order chi connectivity index (χ1) is 10.1. The molecule has 1 fully saturated rings. The van der Waals surface area contributed by atoms with Crippen LogP contribution in [0.4, 0.5) is 5.69 Å². The Morgan fingerprint density at radius 1 is 1.24 bits per heavy atom. The number of nitrogens with zero attached hydrogens (tertiary/aromatic N) is 4. The number of benzene rings is 1. The minimum atomic E-state index is 0.675. The minimum absolute atomic E-state index is 0.675. The van der Waals surface area contributed by atoms with Crippen LogP contribution in [0, 0.1) is 18.8 Å². The first-order valence-corrected chi connectivity index (χ1v) is 7.76. The van der Waals surface area contributed by atoms with Gasteiger partial charge in [0.15, 0.2) is 5.82 Å². The van der Waals surface area contributed by atoms with Crippen LogP contribution >= 0.6 is 0 Å². The Morgan fingerprint density at radius 2 is 2.00 bits per heavy atom. The van der Waals surface area contributed by atoms with Crippen molar-refractivity contribution in [1.29, 1.82) is 0 Å². The molecule has 0 bridgehead atoms. The zero-order valence-electron chi connectivity index (χ0n) is 12.8. The Hall–Kier alpha value is -1.91. The van der Waals surface area contributed by atoms with E-state index < -0.39 is 0 Å². The molecule has 5 nitrogen and oxygen atoms in total. The van der Waals surface area contributed by atoms with Crippen LogP contribution in [0.1, 0.15) is 38.2 Å². The van der Waals surface area contributed by atoms with Crippen molar-refractivity contribution in [3.8, 4) is 11.4 Å². The summed E-state index contributed by atoms with van der Waals surface area (Å²) >= 11 is 0. The molecule has 0 aliphatic heterocycles. The van der Waals surface area contributed by atoms with Gasteiger partial charge < -0.3 is 5.73 Å². The fraction of sp³-hybridized carbons (Fsp3) is 0.562. The van der Waals surface area contributed by atoms with Crippen molar-refractivity contribution < 1.29 is 0 Å². The van der Waals surface area contributed by atoms with E-state index in [0.29, 0.717) is 5.92 Å². The number of aryl methyl sites for hydroxylation is 1. The fourth-order valence-electron chi connectivity index (χ4n) is 3.26. The third kappa shape index (κ3) is 2.91.